The molecule has 2 N–H and O–H groups in total. The number of anilines is 2. The minimum atomic E-state index is -0.426. The van der Waals surface area contributed by atoms with Gasteiger partial charge in [-0.2, -0.15) is 0 Å². The molecule has 47 heavy (non-hydrogen) atoms. The summed E-state index contributed by atoms with van der Waals surface area (Å²) in [7, 11) is 1.58. The van der Waals surface area contributed by atoms with Gasteiger partial charge in [-0.15, -0.1) is 11.8 Å². The van der Waals surface area contributed by atoms with Gasteiger partial charge in [0.2, 0.25) is 11.8 Å². The summed E-state index contributed by atoms with van der Waals surface area (Å²) in [5.74, 6) is -0.552. The van der Waals surface area contributed by atoms with Gasteiger partial charge in [-0.05, 0) is 90.9 Å². The molecule has 0 radical (unpaired) electrons. The molecular weight excluding hydrogens is 770 g/mol. The summed E-state index contributed by atoms with van der Waals surface area (Å²) in [6, 6.07) is 20.0. The van der Waals surface area contributed by atoms with Crippen LogP contribution in [-0.4, -0.2) is 41.7 Å². The number of amides is 3. The topological polar surface area (TPSA) is 118 Å². The molecule has 3 fully saturated rings. The van der Waals surface area contributed by atoms with Crippen LogP contribution < -0.4 is 24.6 Å². The summed E-state index contributed by atoms with van der Waals surface area (Å²) in [6.07, 6.45) is 0.771. The Morgan fingerprint density at radius 3 is 2.38 bits per heavy atom. The fourth-order valence-electron chi connectivity index (χ4n) is 8.12. The Balaban J connectivity index is 1.12. The maximum Gasteiger partial charge on any atom is 0.305 e. The van der Waals surface area contributed by atoms with Crippen molar-refractivity contribution in [2.24, 2.45) is 29.6 Å². The first kappa shape index (κ1) is 30.9. The summed E-state index contributed by atoms with van der Waals surface area (Å²) in [4.78, 5) is 58.9. The minimum Gasteiger partial charge on any atom is -0.497 e. The molecule has 7 atom stereocenters. The second-order valence-corrected chi connectivity index (χ2v) is 16.2. The van der Waals surface area contributed by atoms with Crippen LogP contribution in [0.25, 0.3) is 0 Å². The van der Waals surface area contributed by atoms with Crippen LogP contribution >= 0.6 is 55.0 Å². The van der Waals surface area contributed by atoms with Crippen LogP contribution in [0.2, 0.25) is 0 Å². The smallest absolute Gasteiger partial charge is 0.305 e. The zero-order valence-corrected chi connectivity index (χ0v) is 29.6. The molecule has 2 aliphatic carbocycles. The number of nitrogens with zero attached hydrogens (tertiary/aromatic N) is 1. The third-order valence-electron chi connectivity index (χ3n) is 9.85. The summed E-state index contributed by atoms with van der Waals surface area (Å²) in [6.45, 7) is -0.224. The van der Waals surface area contributed by atoms with Gasteiger partial charge >= 0.3 is 4.87 Å². The summed E-state index contributed by atoms with van der Waals surface area (Å²) in [5, 5.41) is 3.68. The number of thiazole rings is 1. The molecule has 0 spiro atoms. The van der Waals surface area contributed by atoms with Crippen LogP contribution in [0.1, 0.15) is 22.8 Å². The van der Waals surface area contributed by atoms with E-state index in [9.17, 15) is 19.2 Å². The van der Waals surface area contributed by atoms with E-state index in [1.165, 1.54) is 16.2 Å². The molecule has 9 nitrogen and oxygen atoms in total. The number of aromatic nitrogens is 1. The predicted molar refractivity (Wildman–Crippen MR) is 186 cm³/mol. The van der Waals surface area contributed by atoms with Crippen molar-refractivity contribution in [3.05, 3.63) is 95.8 Å². The number of benzene rings is 3. The Kier molecular flexibility index (Phi) is 7.85. The van der Waals surface area contributed by atoms with Crippen molar-refractivity contribution in [3.63, 3.8) is 0 Å². The van der Waals surface area contributed by atoms with Gasteiger partial charge in [0.25, 0.3) is 5.91 Å². The lowest BCUT2D eigenvalue weighted by Crippen LogP contribution is -2.42. The molecule has 3 aromatic carbocycles. The number of halogens is 2. The largest absolute Gasteiger partial charge is 0.497 e. The zero-order chi connectivity index (χ0) is 32.6. The first-order valence-electron chi connectivity index (χ1n) is 15.1. The normalized spacial score (nSPS) is 27.0. The Bertz CT molecular complexity index is 1980. The molecule has 2 bridgehead atoms. The number of imide groups is 1. The lowest BCUT2D eigenvalue weighted by Gasteiger charge is -2.43. The molecule has 3 heterocycles. The van der Waals surface area contributed by atoms with Crippen LogP contribution in [0.5, 0.6) is 11.5 Å². The summed E-state index contributed by atoms with van der Waals surface area (Å²) < 4.78 is 13.1. The van der Waals surface area contributed by atoms with E-state index in [0.717, 1.165) is 30.8 Å². The lowest BCUT2D eigenvalue weighted by molar-refractivity contribution is -0.123. The zero-order valence-electron chi connectivity index (χ0n) is 24.8. The van der Waals surface area contributed by atoms with Crippen LogP contribution in [0.3, 0.4) is 0 Å². The average molecular weight is 798 g/mol. The molecule has 0 unspecified atom stereocenters. The fraction of sp³-hybridized carbons (Fsp3) is 0.294. The monoisotopic (exact) mass is 795 g/mol. The molecule has 2 saturated carbocycles. The predicted octanol–water partition coefficient (Wildman–Crippen LogP) is 6.67. The SMILES string of the molecule is COc1ccc(NC(=O)COc2ccc(Br)cc2[C@@H]2c3sc(=O)[nH]c3S[C@@H]3[C@@H]4C[C@@H]([C@@H]5C(=O)N(c6ccc(Br)cc6)C(=O)[C@@H]45)[C@H]23)cc1. The molecule has 2 aliphatic heterocycles. The maximum absolute atomic E-state index is 14.1. The highest BCUT2D eigenvalue weighted by Gasteiger charge is 2.69. The number of ether oxygens (including phenoxy) is 2. The van der Waals surface area contributed by atoms with E-state index in [2.05, 4.69) is 42.2 Å². The van der Waals surface area contributed by atoms with E-state index < -0.39 is 11.8 Å². The van der Waals surface area contributed by atoms with Gasteiger partial charge in [-0.25, -0.2) is 0 Å². The van der Waals surface area contributed by atoms with Crippen molar-refractivity contribution in [3.8, 4) is 11.5 Å². The number of aromatic amines is 1. The highest BCUT2D eigenvalue weighted by molar-refractivity contribution is 9.10. The number of thioether (sulfide) groups is 1. The number of rotatable bonds is 7. The summed E-state index contributed by atoms with van der Waals surface area (Å²) >= 11 is 9.89. The molecule has 240 valence electrons. The summed E-state index contributed by atoms with van der Waals surface area (Å²) in [5.41, 5.74) is 2.05. The van der Waals surface area contributed by atoms with Crippen LogP contribution in [-0.2, 0) is 14.4 Å². The van der Waals surface area contributed by atoms with Crippen molar-refractivity contribution in [2.75, 3.05) is 23.9 Å². The van der Waals surface area contributed by atoms with Gasteiger partial charge in [0, 0.05) is 36.2 Å². The average Bonchev–Trinajstić information content (AvgIpc) is 3.80. The molecule has 8 rings (SSSR count). The minimum absolute atomic E-state index is 0.0113. The van der Waals surface area contributed by atoms with Crippen LogP contribution in [0, 0.1) is 29.6 Å². The van der Waals surface area contributed by atoms with E-state index >= 15 is 0 Å². The van der Waals surface area contributed by atoms with E-state index in [4.69, 9.17) is 9.47 Å². The number of carbonyl (C=O) groups excluding carboxylic acids is 3. The van der Waals surface area contributed by atoms with Gasteiger partial charge < -0.3 is 19.8 Å². The number of hydrogen-bond donors (Lipinski definition) is 2. The van der Waals surface area contributed by atoms with Crippen molar-refractivity contribution in [1.82, 2.24) is 4.98 Å². The van der Waals surface area contributed by atoms with E-state index in [-0.39, 0.29) is 58.1 Å². The van der Waals surface area contributed by atoms with Crippen molar-refractivity contribution >= 4 is 84.1 Å². The Hall–Kier alpha value is -3.39. The maximum atomic E-state index is 14.1. The molecule has 13 heteroatoms. The van der Waals surface area contributed by atoms with Crippen molar-refractivity contribution in [2.45, 2.75) is 22.6 Å². The van der Waals surface area contributed by atoms with Gasteiger partial charge in [0.05, 0.1) is 29.7 Å². The van der Waals surface area contributed by atoms with Gasteiger partial charge in [0.15, 0.2) is 6.61 Å². The molecule has 1 aromatic heterocycles. The molecular formula is C34H27Br2N3O6S2. The number of carbonyl (C=O) groups is 3. The highest BCUT2D eigenvalue weighted by atomic mass is 79.9. The van der Waals surface area contributed by atoms with Gasteiger partial charge in [0.1, 0.15) is 11.5 Å². The third-order valence-corrected chi connectivity index (χ3v) is 13.5. The first-order chi connectivity index (χ1) is 22.7. The van der Waals surface area contributed by atoms with Gasteiger partial charge in [-0.3, -0.25) is 24.1 Å². The van der Waals surface area contributed by atoms with Crippen molar-refractivity contribution < 1.29 is 23.9 Å². The second kappa shape index (κ2) is 11.9. The highest BCUT2D eigenvalue weighted by Crippen LogP contribution is 2.69. The molecule has 4 aromatic rings. The molecule has 3 amide bonds. The lowest BCUT2D eigenvalue weighted by atomic mass is 9.68. The quantitative estimate of drug-likeness (QED) is 0.201. The molecule has 4 aliphatic rings. The van der Waals surface area contributed by atoms with E-state index in [1.807, 2.05) is 30.3 Å². The van der Waals surface area contributed by atoms with Crippen molar-refractivity contribution in [1.29, 1.82) is 0 Å². The standard InChI is InChI=1S/C34H27Br2N3O6S2/c1-44-19-9-5-17(6-10-19)37-24(40)14-45-23-11-4-16(36)12-20(23)25-26-21-13-22(29(26)46-31-30(25)47-34(43)38-31)28-27(21)32(41)39(33(28)42)18-7-2-15(35)3-8-18/h2-12,21-22,25-29H,13-14H2,1H3,(H,37,40)(H,38,43)/t21-,22-,25+,26-,27+,28+,29-/m1/s1. The number of methoxy groups -OCH3 is 1. The Labute approximate surface area is 294 Å². The second-order valence-electron chi connectivity index (χ2n) is 12.2. The van der Waals surface area contributed by atoms with E-state index in [1.54, 1.807) is 55.3 Å². The van der Waals surface area contributed by atoms with Crippen LogP contribution in [0.15, 0.2) is 85.5 Å². The number of hydrogen-bond acceptors (Lipinski definition) is 8. The van der Waals surface area contributed by atoms with Crippen LogP contribution in [0.4, 0.5) is 11.4 Å². The first-order valence-corrected chi connectivity index (χ1v) is 18.4. The number of fused-ring (bicyclic) bond motifs is 9. The third kappa shape index (κ3) is 5.17. The fourth-order valence-corrected chi connectivity index (χ4v) is 11.6. The van der Waals surface area contributed by atoms with Gasteiger partial charge in [-0.1, -0.05) is 43.2 Å². The Morgan fingerprint density at radius 1 is 0.957 bits per heavy atom. The Morgan fingerprint density at radius 2 is 1.66 bits per heavy atom. The number of nitrogens with one attached hydrogen (secondary N) is 2. The van der Waals surface area contributed by atoms with E-state index in [0.29, 0.717) is 22.9 Å². The number of H-pyrrole nitrogens is 1. The molecule has 1 saturated heterocycles.